The minimum absolute atomic E-state index is 0.255. The van der Waals surface area contributed by atoms with E-state index in [9.17, 15) is 9.59 Å². The van der Waals surface area contributed by atoms with Crippen LogP contribution in [0.1, 0.15) is 39.0 Å². The zero-order chi connectivity index (χ0) is 9.40. The minimum Gasteiger partial charge on any atom is -0.481 e. The highest BCUT2D eigenvalue weighted by atomic mass is 16.4. The van der Waals surface area contributed by atoms with E-state index < -0.39 is 5.97 Å². The van der Waals surface area contributed by atoms with E-state index >= 15 is 0 Å². The molecule has 0 rings (SSSR count). The molecule has 70 valence electrons. The van der Waals surface area contributed by atoms with Crippen molar-refractivity contribution in [1.82, 2.24) is 0 Å². The van der Waals surface area contributed by atoms with Crippen LogP contribution in [0.5, 0.6) is 0 Å². The third kappa shape index (κ3) is 4.88. The maximum atomic E-state index is 10.6. The second kappa shape index (κ2) is 6.83. The first-order valence-corrected chi connectivity index (χ1v) is 4.38. The largest absolute Gasteiger partial charge is 0.481 e. The standard InChI is InChI=1S/C9H16O3/c1-2-5-8(9(11)12)6-3-4-7-10/h7-8H,2-6H2,1H3,(H,11,12). The van der Waals surface area contributed by atoms with Gasteiger partial charge < -0.3 is 9.90 Å². The molecule has 0 aromatic carbocycles. The molecule has 0 bridgehead atoms. The van der Waals surface area contributed by atoms with Crippen LogP contribution in [0.25, 0.3) is 0 Å². The number of unbranched alkanes of at least 4 members (excludes halogenated alkanes) is 1. The maximum Gasteiger partial charge on any atom is 0.306 e. The van der Waals surface area contributed by atoms with Gasteiger partial charge >= 0.3 is 5.97 Å². The molecule has 0 aliphatic rings. The van der Waals surface area contributed by atoms with E-state index in [0.717, 1.165) is 12.7 Å². The van der Waals surface area contributed by atoms with Crippen molar-refractivity contribution in [2.75, 3.05) is 0 Å². The Labute approximate surface area is 72.8 Å². The van der Waals surface area contributed by atoms with Crippen LogP contribution in [-0.2, 0) is 9.59 Å². The van der Waals surface area contributed by atoms with Crippen LogP contribution in [0.4, 0.5) is 0 Å². The molecule has 0 aromatic heterocycles. The second-order valence-corrected chi connectivity index (χ2v) is 2.92. The van der Waals surface area contributed by atoms with Gasteiger partial charge in [-0.1, -0.05) is 13.3 Å². The fourth-order valence-corrected chi connectivity index (χ4v) is 1.19. The number of rotatable bonds is 7. The van der Waals surface area contributed by atoms with E-state index in [0.29, 0.717) is 25.7 Å². The van der Waals surface area contributed by atoms with Gasteiger partial charge in [0, 0.05) is 6.42 Å². The molecule has 0 saturated heterocycles. The molecular formula is C9H16O3. The molecule has 3 heteroatoms. The zero-order valence-electron chi connectivity index (χ0n) is 7.45. The van der Waals surface area contributed by atoms with Crippen LogP contribution in [0, 0.1) is 5.92 Å². The average Bonchev–Trinajstić information content (AvgIpc) is 2.03. The monoisotopic (exact) mass is 172 g/mol. The lowest BCUT2D eigenvalue weighted by Crippen LogP contribution is -2.13. The van der Waals surface area contributed by atoms with E-state index in [2.05, 4.69) is 0 Å². The van der Waals surface area contributed by atoms with Crippen LogP contribution >= 0.6 is 0 Å². The van der Waals surface area contributed by atoms with Crippen molar-refractivity contribution in [3.05, 3.63) is 0 Å². The van der Waals surface area contributed by atoms with Crippen LogP contribution < -0.4 is 0 Å². The molecule has 0 saturated carbocycles. The summed E-state index contributed by atoms with van der Waals surface area (Å²) in [6, 6.07) is 0. The van der Waals surface area contributed by atoms with Gasteiger partial charge in [-0.05, 0) is 19.3 Å². The fourth-order valence-electron chi connectivity index (χ4n) is 1.19. The molecule has 0 aliphatic carbocycles. The van der Waals surface area contributed by atoms with Gasteiger partial charge in [0.05, 0.1) is 5.92 Å². The van der Waals surface area contributed by atoms with Crippen molar-refractivity contribution >= 4 is 12.3 Å². The van der Waals surface area contributed by atoms with Crippen LogP contribution in [0.3, 0.4) is 0 Å². The van der Waals surface area contributed by atoms with Crippen molar-refractivity contribution in [2.24, 2.45) is 5.92 Å². The predicted octanol–water partition coefficient (Wildman–Crippen LogP) is 1.86. The third-order valence-corrected chi connectivity index (χ3v) is 1.86. The number of hydrogen-bond donors (Lipinski definition) is 1. The number of aliphatic carboxylic acids is 1. The Morgan fingerprint density at radius 1 is 1.50 bits per heavy atom. The molecule has 3 nitrogen and oxygen atoms in total. The number of carboxylic acid groups (broad SMARTS) is 1. The highest BCUT2D eigenvalue weighted by molar-refractivity contribution is 5.69. The van der Waals surface area contributed by atoms with Gasteiger partial charge in [0.1, 0.15) is 6.29 Å². The van der Waals surface area contributed by atoms with Crippen LogP contribution in [0.2, 0.25) is 0 Å². The number of carbonyl (C=O) groups is 2. The number of carbonyl (C=O) groups excluding carboxylic acids is 1. The highest BCUT2D eigenvalue weighted by Crippen LogP contribution is 2.14. The molecule has 0 spiro atoms. The SMILES string of the molecule is CCCC(CCCC=O)C(=O)O. The molecule has 0 fully saturated rings. The van der Waals surface area contributed by atoms with Crippen LogP contribution in [0.15, 0.2) is 0 Å². The van der Waals surface area contributed by atoms with Gasteiger partial charge in [0.25, 0.3) is 0 Å². The molecular weight excluding hydrogens is 156 g/mol. The Morgan fingerprint density at radius 2 is 2.17 bits per heavy atom. The number of hydrogen-bond acceptors (Lipinski definition) is 2. The number of carboxylic acids is 1. The van der Waals surface area contributed by atoms with E-state index in [4.69, 9.17) is 5.11 Å². The molecule has 1 atom stereocenters. The van der Waals surface area contributed by atoms with Crippen LogP contribution in [-0.4, -0.2) is 17.4 Å². The van der Waals surface area contributed by atoms with Gasteiger partial charge in [-0.15, -0.1) is 0 Å². The minimum atomic E-state index is -0.734. The highest BCUT2D eigenvalue weighted by Gasteiger charge is 2.14. The average molecular weight is 172 g/mol. The first kappa shape index (κ1) is 11.1. The smallest absolute Gasteiger partial charge is 0.306 e. The van der Waals surface area contributed by atoms with Crippen molar-refractivity contribution in [1.29, 1.82) is 0 Å². The van der Waals surface area contributed by atoms with Gasteiger partial charge in [0.2, 0.25) is 0 Å². The lowest BCUT2D eigenvalue weighted by atomic mass is 9.97. The summed E-state index contributed by atoms with van der Waals surface area (Å²) in [4.78, 5) is 20.6. The molecule has 0 aliphatic heterocycles. The van der Waals surface area contributed by atoms with E-state index in [1.807, 2.05) is 6.92 Å². The zero-order valence-corrected chi connectivity index (χ0v) is 7.45. The van der Waals surface area contributed by atoms with E-state index in [-0.39, 0.29) is 5.92 Å². The summed E-state index contributed by atoms with van der Waals surface area (Å²) in [7, 11) is 0. The maximum absolute atomic E-state index is 10.6. The van der Waals surface area contributed by atoms with E-state index in [1.54, 1.807) is 0 Å². The molecule has 12 heavy (non-hydrogen) atoms. The Morgan fingerprint density at radius 3 is 2.58 bits per heavy atom. The predicted molar refractivity (Wildman–Crippen MR) is 45.9 cm³/mol. The quantitative estimate of drug-likeness (QED) is 0.471. The molecule has 0 amide bonds. The summed E-state index contributed by atoms with van der Waals surface area (Å²) in [5.41, 5.74) is 0. The molecule has 1 unspecified atom stereocenters. The summed E-state index contributed by atoms with van der Waals surface area (Å²) < 4.78 is 0. The Balaban J connectivity index is 3.63. The number of aldehydes is 1. The van der Waals surface area contributed by atoms with Crippen molar-refractivity contribution in [3.63, 3.8) is 0 Å². The molecule has 0 aromatic rings. The topological polar surface area (TPSA) is 54.4 Å². The molecule has 0 radical (unpaired) electrons. The lowest BCUT2D eigenvalue weighted by Gasteiger charge is -2.08. The van der Waals surface area contributed by atoms with Crippen molar-refractivity contribution in [3.8, 4) is 0 Å². The van der Waals surface area contributed by atoms with Crippen molar-refractivity contribution < 1.29 is 14.7 Å². The summed E-state index contributed by atoms with van der Waals surface area (Å²) >= 11 is 0. The third-order valence-electron chi connectivity index (χ3n) is 1.86. The van der Waals surface area contributed by atoms with Gasteiger partial charge in [-0.2, -0.15) is 0 Å². The molecule has 0 heterocycles. The Kier molecular flexibility index (Phi) is 6.34. The first-order valence-electron chi connectivity index (χ1n) is 4.38. The van der Waals surface area contributed by atoms with Crippen molar-refractivity contribution in [2.45, 2.75) is 39.0 Å². The Hall–Kier alpha value is -0.860. The van der Waals surface area contributed by atoms with E-state index in [1.165, 1.54) is 0 Å². The van der Waals surface area contributed by atoms with Gasteiger partial charge in [-0.3, -0.25) is 4.79 Å². The summed E-state index contributed by atoms with van der Waals surface area (Å²) in [6.07, 6.45) is 4.24. The van der Waals surface area contributed by atoms with Gasteiger partial charge in [-0.25, -0.2) is 0 Å². The van der Waals surface area contributed by atoms with Gasteiger partial charge in [0.15, 0.2) is 0 Å². The summed E-state index contributed by atoms with van der Waals surface area (Å²) in [5.74, 6) is -0.988. The molecule has 1 N–H and O–H groups in total. The summed E-state index contributed by atoms with van der Waals surface area (Å²) in [5, 5.41) is 8.72. The Bertz CT molecular complexity index is 143. The second-order valence-electron chi connectivity index (χ2n) is 2.92. The normalized spacial score (nSPS) is 12.4. The summed E-state index contributed by atoms with van der Waals surface area (Å²) in [6.45, 7) is 1.97. The first-order chi connectivity index (χ1) is 5.72. The lowest BCUT2D eigenvalue weighted by molar-refractivity contribution is -0.142. The fraction of sp³-hybridized carbons (Fsp3) is 0.778.